The van der Waals surface area contributed by atoms with Crippen LogP contribution in [-0.2, 0) is 32.9 Å². The molecule has 1 aliphatic carbocycles. The number of nitriles is 1. The summed E-state index contributed by atoms with van der Waals surface area (Å²) in [5.41, 5.74) is 1.69. The van der Waals surface area contributed by atoms with E-state index in [0.29, 0.717) is 17.5 Å². The number of benzene rings is 2. The number of nitrogens with one attached hydrogen (secondary N) is 1. The van der Waals surface area contributed by atoms with Gasteiger partial charge in [-0.1, -0.05) is 42.5 Å². The molecule has 1 fully saturated rings. The number of esters is 1. The predicted octanol–water partition coefficient (Wildman–Crippen LogP) is 2.39. The molecule has 7 heteroatoms. The summed E-state index contributed by atoms with van der Waals surface area (Å²) in [4.78, 5) is 38.9. The molecule has 0 bridgehead atoms. The van der Waals surface area contributed by atoms with E-state index in [1.165, 1.54) is 0 Å². The molecule has 1 aliphatic heterocycles. The summed E-state index contributed by atoms with van der Waals surface area (Å²) in [5.74, 6) is -1.13. The van der Waals surface area contributed by atoms with Crippen LogP contribution in [0.5, 0.6) is 0 Å². The number of imide groups is 1. The molecule has 146 valence electrons. The summed E-state index contributed by atoms with van der Waals surface area (Å²) in [6.45, 7) is -0.566. The van der Waals surface area contributed by atoms with E-state index in [1.54, 1.807) is 24.3 Å². The first-order chi connectivity index (χ1) is 14.0. The van der Waals surface area contributed by atoms with Crippen LogP contribution in [0.25, 0.3) is 0 Å². The van der Waals surface area contributed by atoms with Crippen LogP contribution in [0, 0.1) is 11.3 Å². The lowest BCUT2D eigenvalue weighted by Crippen LogP contribution is -2.46. The third kappa shape index (κ3) is 3.23. The molecule has 1 heterocycles. The Labute approximate surface area is 167 Å². The average Bonchev–Trinajstić information content (AvgIpc) is 2.97. The zero-order chi connectivity index (χ0) is 20.4. The van der Waals surface area contributed by atoms with Gasteiger partial charge in [-0.3, -0.25) is 14.5 Å². The summed E-state index contributed by atoms with van der Waals surface area (Å²) in [7, 11) is 0. The molecule has 0 radical (unpaired) electrons. The van der Waals surface area contributed by atoms with Gasteiger partial charge in [0.05, 0.1) is 11.6 Å². The summed E-state index contributed by atoms with van der Waals surface area (Å²) in [6.07, 6.45) is 2.11. The van der Waals surface area contributed by atoms with Gasteiger partial charge in [0.2, 0.25) is 0 Å². The normalized spacial score (nSPS) is 20.2. The molecule has 1 atom stereocenters. The molecular weight excluding hydrogens is 370 g/mol. The Kier molecular flexibility index (Phi) is 4.77. The zero-order valence-electron chi connectivity index (χ0n) is 15.7. The van der Waals surface area contributed by atoms with Gasteiger partial charge in [-0.05, 0) is 36.5 Å². The van der Waals surface area contributed by atoms with Gasteiger partial charge >= 0.3 is 12.0 Å². The lowest BCUT2D eigenvalue weighted by atomic mass is 9.76. The Hall–Kier alpha value is -3.66. The van der Waals surface area contributed by atoms with Gasteiger partial charge in [-0.25, -0.2) is 4.79 Å². The fourth-order valence-electron chi connectivity index (χ4n) is 4.04. The quantitative estimate of drug-likeness (QED) is 0.639. The molecule has 3 amide bonds. The fraction of sp³-hybridized carbons (Fsp3) is 0.273. The van der Waals surface area contributed by atoms with Gasteiger partial charge in [-0.2, -0.15) is 5.26 Å². The maximum atomic E-state index is 13.2. The van der Waals surface area contributed by atoms with Crippen molar-refractivity contribution >= 4 is 17.9 Å². The highest BCUT2D eigenvalue weighted by molar-refractivity contribution is 6.09. The number of rotatable bonds is 4. The van der Waals surface area contributed by atoms with Crippen LogP contribution >= 0.6 is 0 Å². The fourth-order valence-corrected chi connectivity index (χ4v) is 4.04. The van der Waals surface area contributed by atoms with Gasteiger partial charge in [0.15, 0.2) is 0 Å². The summed E-state index contributed by atoms with van der Waals surface area (Å²) < 4.78 is 5.21. The molecule has 0 saturated carbocycles. The number of nitrogens with zero attached hydrogens (tertiary/aromatic N) is 2. The third-order valence-corrected chi connectivity index (χ3v) is 5.46. The average molecular weight is 389 g/mol. The van der Waals surface area contributed by atoms with Crippen LogP contribution < -0.4 is 5.32 Å². The lowest BCUT2D eigenvalue weighted by Gasteiger charge is -2.33. The zero-order valence-corrected chi connectivity index (χ0v) is 15.7. The smallest absolute Gasteiger partial charge is 0.326 e. The number of hydrogen-bond acceptors (Lipinski definition) is 5. The molecule has 2 aliphatic rings. The van der Waals surface area contributed by atoms with Crippen molar-refractivity contribution in [2.75, 3.05) is 6.54 Å². The van der Waals surface area contributed by atoms with E-state index in [0.717, 1.165) is 28.9 Å². The molecule has 0 unspecified atom stereocenters. The second-order valence-electron chi connectivity index (χ2n) is 7.17. The number of ether oxygens (including phenoxy) is 1. The Bertz CT molecular complexity index is 1040. The first-order valence-corrected chi connectivity index (χ1v) is 9.41. The first-order valence-electron chi connectivity index (χ1n) is 9.41. The molecular formula is C22H19N3O4. The largest absolute Gasteiger partial charge is 0.459 e. The van der Waals surface area contributed by atoms with Crippen LogP contribution in [-0.4, -0.2) is 29.4 Å². The summed E-state index contributed by atoms with van der Waals surface area (Å²) in [5, 5.41) is 11.9. The topological polar surface area (TPSA) is 99.5 Å². The molecule has 1 saturated heterocycles. The van der Waals surface area contributed by atoms with Gasteiger partial charge in [-0.15, -0.1) is 0 Å². The maximum Gasteiger partial charge on any atom is 0.326 e. The van der Waals surface area contributed by atoms with E-state index in [1.807, 2.05) is 30.3 Å². The molecule has 0 aromatic heterocycles. The predicted molar refractivity (Wildman–Crippen MR) is 102 cm³/mol. The van der Waals surface area contributed by atoms with Crippen molar-refractivity contribution in [3.05, 3.63) is 70.8 Å². The van der Waals surface area contributed by atoms with Crippen molar-refractivity contribution in [1.82, 2.24) is 10.2 Å². The van der Waals surface area contributed by atoms with Crippen molar-refractivity contribution in [2.24, 2.45) is 0 Å². The Morgan fingerprint density at radius 3 is 2.76 bits per heavy atom. The Morgan fingerprint density at radius 2 is 1.93 bits per heavy atom. The van der Waals surface area contributed by atoms with Gasteiger partial charge in [0, 0.05) is 5.56 Å². The highest BCUT2D eigenvalue weighted by Crippen LogP contribution is 2.39. The molecule has 2 aromatic rings. The monoisotopic (exact) mass is 389 g/mol. The van der Waals surface area contributed by atoms with Crippen LogP contribution in [0.3, 0.4) is 0 Å². The van der Waals surface area contributed by atoms with Crippen molar-refractivity contribution < 1.29 is 19.1 Å². The van der Waals surface area contributed by atoms with Crippen molar-refractivity contribution in [3.8, 4) is 6.07 Å². The number of amides is 3. The van der Waals surface area contributed by atoms with Crippen LogP contribution in [0.15, 0.2) is 48.5 Å². The number of fused-ring (bicyclic) bond motifs is 2. The second kappa shape index (κ2) is 7.40. The molecule has 7 nitrogen and oxygen atoms in total. The standard InChI is InChI=1S/C22H19N3O4/c23-12-16-7-1-2-8-17(16)14-29-19(26)13-25-20(27)22(24-21(25)28)11-5-9-15-6-3-4-10-18(15)22/h1-4,6-8,10H,5,9,11,13-14H2,(H,24,28)/t22-/m1/s1. The minimum absolute atomic E-state index is 0.0970. The lowest BCUT2D eigenvalue weighted by molar-refractivity contribution is -0.149. The van der Waals surface area contributed by atoms with E-state index in [4.69, 9.17) is 10.00 Å². The number of hydrogen-bond donors (Lipinski definition) is 1. The van der Waals surface area contributed by atoms with Gasteiger partial charge in [0.1, 0.15) is 18.7 Å². The van der Waals surface area contributed by atoms with Crippen molar-refractivity contribution in [2.45, 2.75) is 31.4 Å². The molecule has 4 rings (SSSR count). The summed E-state index contributed by atoms with van der Waals surface area (Å²) in [6, 6.07) is 15.8. The minimum Gasteiger partial charge on any atom is -0.459 e. The minimum atomic E-state index is -1.11. The van der Waals surface area contributed by atoms with E-state index in [2.05, 4.69) is 5.32 Å². The highest BCUT2D eigenvalue weighted by Gasteiger charge is 2.54. The van der Waals surface area contributed by atoms with E-state index >= 15 is 0 Å². The van der Waals surface area contributed by atoms with Crippen LogP contribution in [0.4, 0.5) is 4.79 Å². The van der Waals surface area contributed by atoms with Gasteiger partial charge < -0.3 is 10.1 Å². The number of carbonyl (C=O) groups excluding carboxylic acids is 3. The van der Waals surface area contributed by atoms with Crippen molar-refractivity contribution in [3.63, 3.8) is 0 Å². The molecule has 1 spiro atoms. The van der Waals surface area contributed by atoms with Crippen LogP contribution in [0.1, 0.15) is 35.1 Å². The van der Waals surface area contributed by atoms with E-state index in [9.17, 15) is 14.4 Å². The van der Waals surface area contributed by atoms with E-state index < -0.39 is 30.0 Å². The maximum absolute atomic E-state index is 13.2. The SMILES string of the molecule is N#Cc1ccccc1COC(=O)CN1C(=O)N[C@@]2(CCCc3ccccc32)C1=O. The van der Waals surface area contributed by atoms with Crippen LogP contribution in [0.2, 0.25) is 0 Å². The van der Waals surface area contributed by atoms with E-state index in [-0.39, 0.29) is 6.61 Å². The second-order valence-corrected chi connectivity index (χ2v) is 7.17. The van der Waals surface area contributed by atoms with Crippen molar-refractivity contribution in [1.29, 1.82) is 5.26 Å². The number of urea groups is 1. The number of aryl methyl sites for hydroxylation is 1. The number of carbonyl (C=O) groups is 3. The first kappa shape index (κ1) is 18.7. The molecule has 2 aromatic carbocycles. The summed E-state index contributed by atoms with van der Waals surface area (Å²) >= 11 is 0. The molecule has 1 N–H and O–H groups in total. The van der Waals surface area contributed by atoms with Gasteiger partial charge in [0.25, 0.3) is 5.91 Å². The molecule has 29 heavy (non-hydrogen) atoms. The Balaban J connectivity index is 1.48. The highest BCUT2D eigenvalue weighted by atomic mass is 16.5. The Morgan fingerprint density at radius 1 is 1.17 bits per heavy atom. The third-order valence-electron chi connectivity index (χ3n) is 5.46.